The van der Waals surface area contributed by atoms with E-state index in [0.29, 0.717) is 5.41 Å². The SMILES string of the molecule is Cc1ccc(C(C)(C)C)c(OCC2(CBr)CCCC2)c1. The van der Waals surface area contributed by atoms with Crippen LogP contribution in [0.4, 0.5) is 0 Å². The predicted molar refractivity (Wildman–Crippen MR) is 90.1 cm³/mol. The van der Waals surface area contributed by atoms with Crippen molar-refractivity contribution in [2.75, 3.05) is 11.9 Å². The Hall–Kier alpha value is -0.500. The molecule has 1 aromatic rings. The molecule has 1 nitrogen and oxygen atoms in total. The molecule has 0 amide bonds. The minimum atomic E-state index is 0.125. The lowest BCUT2D eigenvalue weighted by molar-refractivity contribution is 0.171. The van der Waals surface area contributed by atoms with Gasteiger partial charge in [0.25, 0.3) is 0 Å². The largest absolute Gasteiger partial charge is 0.493 e. The number of alkyl halides is 1. The Morgan fingerprint density at radius 1 is 1.20 bits per heavy atom. The second-order valence-corrected chi connectivity index (χ2v) is 7.94. The Morgan fingerprint density at radius 3 is 2.40 bits per heavy atom. The van der Waals surface area contributed by atoms with E-state index in [2.05, 4.69) is 61.8 Å². The molecule has 1 fully saturated rings. The van der Waals surface area contributed by atoms with Crippen molar-refractivity contribution in [3.05, 3.63) is 29.3 Å². The van der Waals surface area contributed by atoms with E-state index in [9.17, 15) is 0 Å². The molecule has 0 heterocycles. The van der Waals surface area contributed by atoms with Gasteiger partial charge in [-0.1, -0.05) is 61.7 Å². The highest BCUT2D eigenvalue weighted by Crippen LogP contribution is 2.41. The molecule has 20 heavy (non-hydrogen) atoms. The molecule has 0 radical (unpaired) electrons. The average molecular weight is 339 g/mol. The molecule has 0 N–H and O–H groups in total. The molecule has 1 aliphatic carbocycles. The van der Waals surface area contributed by atoms with E-state index in [1.165, 1.54) is 36.8 Å². The lowest BCUT2D eigenvalue weighted by Gasteiger charge is -2.29. The zero-order valence-electron chi connectivity index (χ0n) is 13.3. The van der Waals surface area contributed by atoms with Gasteiger partial charge >= 0.3 is 0 Å². The van der Waals surface area contributed by atoms with Crippen LogP contribution in [-0.2, 0) is 5.41 Å². The first-order valence-electron chi connectivity index (χ1n) is 7.66. The maximum absolute atomic E-state index is 6.29. The highest BCUT2D eigenvalue weighted by atomic mass is 79.9. The minimum absolute atomic E-state index is 0.125. The average Bonchev–Trinajstić information content (AvgIpc) is 2.84. The monoisotopic (exact) mass is 338 g/mol. The summed E-state index contributed by atoms with van der Waals surface area (Å²) >= 11 is 3.70. The van der Waals surface area contributed by atoms with Crippen LogP contribution in [0.15, 0.2) is 18.2 Å². The Kier molecular flexibility index (Phi) is 4.84. The summed E-state index contributed by atoms with van der Waals surface area (Å²) in [5.41, 5.74) is 3.05. The number of halogens is 1. The zero-order chi connectivity index (χ0) is 14.8. The van der Waals surface area contributed by atoms with Crippen LogP contribution in [0.3, 0.4) is 0 Å². The van der Waals surface area contributed by atoms with E-state index in [-0.39, 0.29) is 5.41 Å². The fraction of sp³-hybridized carbons (Fsp3) is 0.667. The summed E-state index contributed by atoms with van der Waals surface area (Å²) in [6, 6.07) is 6.60. The Labute approximate surface area is 132 Å². The Balaban J connectivity index is 2.18. The van der Waals surface area contributed by atoms with Crippen molar-refractivity contribution in [3.8, 4) is 5.75 Å². The van der Waals surface area contributed by atoms with E-state index in [0.717, 1.165) is 17.7 Å². The van der Waals surface area contributed by atoms with E-state index < -0.39 is 0 Å². The van der Waals surface area contributed by atoms with Crippen LogP contribution in [-0.4, -0.2) is 11.9 Å². The molecule has 0 aromatic heterocycles. The van der Waals surface area contributed by atoms with Crippen molar-refractivity contribution >= 4 is 15.9 Å². The second kappa shape index (κ2) is 6.09. The topological polar surface area (TPSA) is 9.23 Å². The number of rotatable bonds is 4. The van der Waals surface area contributed by atoms with Crippen LogP contribution in [0, 0.1) is 12.3 Å². The summed E-state index contributed by atoms with van der Waals surface area (Å²) in [4.78, 5) is 0. The third-order valence-electron chi connectivity index (χ3n) is 4.43. The van der Waals surface area contributed by atoms with Crippen molar-refractivity contribution in [2.24, 2.45) is 5.41 Å². The third kappa shape index (κ3) is 3.58. The summed E-state index contributed by atoms with van der Waals surface area (Å²) in [6.45, 7) is 9.72. The summed E-state index contributed by atoms with van der Waals surface area (Å²) in [5, 5.41) is 1.05. The van der Waals surface area contributed by atoms with Crippen molar-refractivity contribution < 1.29 is 4.74 Å². The second-order valence-electron chi connectivity index (χ2n) is 7.38. The van der Waals surface area contributed by atoms with Gasteiger partial charge in [0.2, 0.25) is 0 Å². The van der Waals surface area contributed by atoms with Crippen LogP contribution >= 0.6 is 15.9 Å². The van der Waals surface area contributed by atoms with Crippen LogP contribution in [0.5, 0.6) is 5.75 Å². The Bertz CT molecular complexity index is 453. The molecule has 112 valence electrons. The number of hydrogen-bond acceptors (Lipinski definition) is 1. The number of benzene rings is 1. The van der Waals surface area contributed by atoms with Gasteiger partial charge in [-0.05, 0) is 42.4 Å². The number of hydrogen-bond donors (Lipinski definition) is 0. The molecule has 1 aliphatic rings. The lowest BCUT2D eigenvalue weighted by Crippen LogP contribution is -2.27. The minimum Gasteiger partial charge on any atom is -0.493 e. The van der Waals surface area contributed by atoms with Gasteiger partial charge in [0.15, 0.2) is 0 Å². The highest BCUT2D eigenvalue weighted by molar-refractivity contribution is 9.09. The van der Waals surface area contributed by atoms with Gasteiger partial charge in [-0.15, -0.1) is 0 Å². The summed E-state index contributed by atoms with van der Waals surface area (Å²) in [6.07, 6.45) is 5.26. The van der Waals surface area contributed by atoms with Gasteiger partial charge in [0.05, 0.1) is 6.61 Å². The van der Waals surface area contributed by atoms with Crippen molar-refractivity contribution in [3.63, 3.8) is 0 Å². The number of ether oxygens (including phenoxy) is 1. The maximum atomic E-state index is 6.29. The maximum Gasteiger partial charge on any atom is 0.123 e. The molecule has 2 rings (SSSR count). The van der Waals surface area contributed by atoms with Gasteiger partial charge in [-0.25, -0.2) is 0 Å². The van der Waals surface area contributed by atoms with E-state index in [4.69, 9.17) is 4.74 Å². The van der Waals surface area contributed by atoms with Crippen LogP contribution in [0.1, 0.15) is 57.6 Å². The molecule has 0 atom stereocenters. The first-order valence-corrected chi connectivity index (χ1v) is 8.78. The molecule has 0 bridgehead atoms. The molecule has 1 aromatic carbocycles. The van der Waals surface area contributed by atoms with E-state index in [1.54, 1.807) is 0 Å². The molecule has 1 saturated carbocycles. The number of aryl methyl sites for hydroxylation is 1. The first kappa shape index (κ1) is 15.9. The first-order chi connectivity index (χ1) is 9.36. The lowest BCUT2D eigenvalue weighted by atomic mass is 9.85. The van der Waals surface area contributed by atoms with Crippen LogP contribution in [0.25, 0.3) is 0 Å². The summed E-state index contributed by atoms with van der Waals surface area (Å²) in [7, 11) is 0. The van der Waals surface area contributed by atoms with Crippen molar-refractivity contribution in [2.45, 2.75) is 58.8 Å². The fourth-order valence-corrected chi connectivity index (χ4v) is 3.76. The van der Waals surface area contributed by atoms with Gasteiger partial charge in [0, 0.05) is 10.7 Å². The molecule has 0 unspecified atom stereocenters. The molecular weight excluding hydrogens is 312 g/mol. The zero-order valence-corrected chi connectivity index (χ0v) is 14.8. The smallest absolute Gasteiger partial charge is 0.123 e. The predicted octanol–water partition coefficient (Wildman–Crippen LogP) is 5.63. The fourth-order valence-electron chi connectivity index (χ4n) is 3.04. The summed E-state index contributed by atoms with van der Waals surface area (Å²) in [5.74, 6) is 1.07. The highest BCUT2D eigenvalue weighted by Gasteiger charge is 2.34. The standard InChI is InChI=1S/C18H27BrO/c1-14-7-8-15(17(2,3)4)16(11-14)20-13-18(12-19)9-5-6-10-18/h7-8,11H,5-6,9-10,12-13H2,1-4H3. The van der Waals surface area contributed by atoms with Crippen molar-refractivity contribution in [1.82, 2.24) is 0 Å². The quantitative estimate of drug-likeness (QED) is 0.646. The van der Waals surface area contributed by atoms with Crippen LogP contribution in [0.2, 0.25) is 0 Å². The van der Waals surface area contributed by atoms with E-state index >= 15 is 0 Å². The molecule has 0 spiro atoms. The Morgan fingerprint density at radius 2 is 1.85 bits per heavy atom. The van der Waals surface area contributed by atoms with Gasteiger partial charge < -0.3 is 4.74 Å². The molecule has 2 heteroatoms. The van der Waals surface area contributed by atoms with Gasteiger partial charge in [-0.2, -0.15) is 0 Å². The normalized spacial score (nSPS) is 18.2. The van der Waals surface area contributed by atoms with Gasteiger partial charge in [-0.3, -0.25) is 0 Å². The van der Waals surface area contributed by atoms with Gasteiger partial charge in [0.1, 0.15) is 5.75 Å². The molecular formula is C18H27BrO. The molecule has 0 aliphatic heterocycles. The summed E-state index contributed by atoms with van der Waals surface area (Å²) < 4.78 is 6.29. The molecule has 0 saturated heterocycles. The van der Waals surface area contributed by atoms with E-state index in [1.807, 2.05) is 0 Å². The van der Waals surface area contributed by atoms with Crippen LogP contribution < -0.4 is 4.74 Å². The third-order valence-corrected chi connectivity index (χ3v) is 5.62. The van der Waals surface area contributed by atoms with Crippen molar-refractivity contribution in [1.29, 1.82) is 0 Å².